The minimum atomic E-state index is -4.38. The Morgan fingerprint density at radius 2 is 1.79 bits per heavy atom. The molecule has 1 saturated heterocycles. The first-order chi connectivity index (χ1) is 29.5. The number of hydrogen-bond acceptors (Lipinski definition) is 8. The van der Waals surface area contributed by atoms with E-state index in [-0.39, 0.29) is 16.8 Å². The quantitative estimate of drug-likeness (QED) is 0.148. The van der Waals surface area contributed by atoms with Crippen LogP contribution in [0.25, 0.3) is 11.0 Å². The summed E-state index contributed by atoms with van der Waals surface area (Å²) in [5, 5.41) is 5.15. The van der Waals surface area contributed by atoms with E-state index in [1.165, 1.54) is 62.7 Å². The standard InChI is InChI=1S/C27H46O4S.C23H27FN4O2/c1-18(2)7-6-8-19(3)23-11-12-24-22-10-9-20-17-21(31-32(28,29)30)13-15-26(20,4)25(22)14-16-27(23,24)5;1-15-18(23(29)28-10-3-2-4-21(28)25-15)9-13-27-11-7-16(8-12-27)22-19-6-5-17(24)14-20(19)30-26-22/h9,18-19,21-25H,6-8,10-17H2,1-5H3,(H,28,29,30);5-6,14,16H,2-4,7-13H2,1H3/t19-,21?,22?,23-,24?,25?,26+,27-;/m1./s1. The van der Waals surface area contributed by atoms with Gasteiger partial charge in [0.2, 0.25) is 0 Å². The Labute approximate surface area is 369 Å². The van der Waals surface area contributed by atoms with E-state index >= 15 is 0 Å². The molecule has 2 aliphatic heterocycles. The molecule has 12 heteroatoms. The fourth-order valence-electron chi connectivity index (χ4n) is 13.8. The van der Waals surface area contributed by atoms with Crippen molar-refractivity contribution in [2.45, 2.75) is 169 Å². The fourth-order valence-corrected chi connectivity index (χ4v) is 14.4. The number of hydrogen-bond donors (Lipinski definition) is 1. The second kappa shape index (κ2) is 18.5. The summed E-state index contributed by atoms with van der Waals surface area (Å²) in [5.41, 5.74) is 5.43. The third-order valence-corrected chi connectivity index (χ3v) is 17.7. The molecule has 10 nitrogen and oxygen atoms in total. The second-order valence-corrected chi connectivity index (χ2v) is 22.3. The molecule has 8 atom stereocenters. The molecule has 3 saturated carbocycles. The average molecular weight is 877 g/mol. The first-order valence-corrected chi connectivity index (χ1v) is 25.6. The van der Waals surface area contributed by atoms with Crippen LogP contribution in [-0.2, 0) is 34.0 Å². The van der Waals surface area contributed by atoms with Crippen molar-refractivity contribution in [1.82, 2.24) is 19.6 Å². The zero-order valence-electron chi connectivity index (χ0n) is 38.3. The highest BCUT2D eigenvalue weighted by Crippen LogP contribution is 2.67. The molecule has 4 unspecified atom stereocenters. The maximum Gasteiger partial charge on any atom is 0.397 e. The zero-order chi connectivity index (χ0) is 44.0. The fraction of sp³-hybridized carbons (Fsp3) is 0.740. The van der Waals surface area contributed by atoms with Gasteiger partial charge in [-0.1, -0.05) is 70.7 Å². The number of aryl methyl sites for hydroxylation is 2. The Bertz CT molecular complexity index is 2260. The molecule has 1 N–H and O–H groups in total. The molecule has 1 aromatic carbocycles. The highest BCUT2D eigenvalue weighted by Gasteiger charge is 2.59. The highest BCUT2D eigenvalue weighted by atomic mass is 32.3. The minimum Gasteiger partial charge on any atom is -0.356 e. The summed E-state index contributed by atoms with van der Waals surface area (Å²) in [4.78, 5) is 20.1. The summed E-state index contributed by atoms with van der Waals surface area (Å²) in [5.74, 6) is 5.81. The molecule has 2 aromatic heterocycles. The van der Waals surface area contributed by atoms with E-state index in [1.54, 1.807) is 6.07 Å². The van der Waals surface area contributed by atoms with Crippen molar-refractivity contribution >= 4 is 21.4 Å². The van der Waals surface area contributed by atoms with E-state index in [0.29, 0.717) is 35.7 Å². The van der Waals surface area contributed by atoms with Crippen LogP contribution in [0, 0.1) is 59.1 Å². The van der Waals surface area contributed by atoms with E-state index in [0.717, 1.165) is 135 Å². The lowest BCUT2D eigenvalue weighted by atomic mass is 9.47. The molecular weight excluding hydrogens is 804 g/mol. The van der Waals surface area contributed by atoms with Gasteiger partial charge in [-0.2, -0.15) is 8.42 Å². The van der Waals surface area contributed by atoms with Gasteiger partial charge in [0.15, 0.2) is 5.58 Å². The minimum absolute atomic E-state index is 0.161. The van der Waals surface area contributed by atoms with Crippen molar-refractivity contribution in [1.29, 1.82) is 0 Å². The molecule has 342 valence electrons. The lowest BCUT2D eigenvalue weighted by Crippen LogP contribution is -2.51. The second-order valence-electron chi connectivity index (χ2n) is 21.3. The van der Waals surface area contributed by atoms with Crippen molar-refractivity contribution < 1.29 is 26.1 Å². The van der Waals surface area contributed by atoms with Gasteiger partial charge in [0.1, 0.15) is 11.6 Å². The Balaban J connectivity index is 0.000000171. The Kier molecular flexibility index (Phi) is 13.6. The first-order valence-electron chi connectivity index (χ1n) is 24.3. The number of nitrogens with zero attached hydrogens (tertiary/aromatic N) is 4. The van der Waals surface area contributed by atoms with Crippen molar-refractivity contribution in [3.8, 4) is 0 Å². The van der Waals surface area contributed by atoms with Gasteiger partial charge in [0, 0.05) is 48.1 Å². The van der Waals surface area contributed by atoms with Crippen molar-refractivity contribution in [2.75, 3.05) is 19.6 Å². The largest absolute Gasteiger partial charge is 0.397 e. The number of piperidine rings is 1. The van der Waals surface area contributed by atoms with Crippen LogP contribution in [0.15, 0.2) is 39.2 Å². The van der Waals surface area contributed by atoms with Crippen molar-refractivity contribution in [2.24, 2.45) is 46.3 Å². The third kappa shape index (κ3) is 9.41. The Morgan fingerprint density at radius 1 is 1.00 bits per heavy atom. The predicted octanol–water partition coefficient (Wildman–Crippen LogP) is 10.8. The molecular formula is C50H73FN4O6S. The Morgan fingerprint density at radius 3 is 2.55 bits per heavy atom. The lowest BCUT2D eigenvalue weighted by molar-refractivity contribution is -0.0560. The molecule has 62 heavy (non-hydrogen) atoms. The maximum atomic E-state index is 13.4. The number of halogens is 1. The molecule has 0 bridgehead atoms. The number of rotatable bonds is 11. The van der Waals surface area contributed by atoms with Crippen LogP contribution in [0.5, 0.6) is 0 Å². The van der Waals surface area contributed by atoms with Crippen LogP contribution in [-0.4, -0.2) is 58.3 Å². The van der Waals surface area contributed by atoms with Gasteiger partial charge in [0.25, 0.3) is 5.56 Å². The van der Waals surface area contributed by atoms with Crippen LogP contribution < -0.4 is 5.56 Å². The van der Waals surface area contributed by atoms with Crippen LogP contribution in [0.1, 0.15) is 160 Å². The first kappa shape index (κ1) is 45.6. The molecule has 4 heterocycles. The lowest BCUT2D eigenvalue weighted by Gasteiger charge is -2.58. The van der Waals surface area contributed by atoms with Crippen LogP contribution in [0.4, 0.5) is 4.39 Å². The summed E-state index contributed by atoms with van der Waals surface area (Å²) in [7, 11) is -4.38. The van der Waals surface area contributed by atoms with Gasteiger partial charge in [0.05, 0.1) is 11.8 Å². The number of allylic oxidation sites excluding steroid dienone is 1. The van der Waals surface area contributed by atoms with Crippen LogP contribution in [0.2, 0.25) is 0 Å². The molecule has 4 aliphatic carbocycles. The van der Waals surface area contributed by atoms with E-state index in [4.69, 9.17) is 18.2 Å². The number of aromatic nitrogens is 3. The number of fused-ring (bicyclic) bond motifs is 7. The van der Waals surface area contributed by atoms with Gasteiger partial charge in [-0.3, -0.25) is 13.9 Å². The topological polar surface area (TPSA) is 128 Å². The van der Waals surface area contributed by atoms with Gasteiger partial charge in [-0.05, 0) is 162 Å². The summed E-state index contributed by atoms with van der Waals surface area (Å²) in [6.45, 7) is 17.8. The molecule has 3 aromatic rings. The van der Waals surface area contributed by atoms with E-state index in [9.17, 15) is 17.6 Å². The van der Waals surface area contributed by atoms with Crippen LogP contribution in [0.3, 0.4) is 0 Å². The molecule has 9 rings (SSSR count). The van der Waals surface area contributed by atoms with Crippen LogP contribution >= 0.6 is 0 Å². The smallest absolute Gasteiger partial charge is 0.356 e. The van der Waals surface area contributed by atoms with Gasteiger partial charge < -0.3 is 9.42 Å². The summed E-state index contributed by atoms with van der Waals surface area (Å²) in [6, 6.07) is 4.63. The number of benzene rings is 1. The van der Waals surface area contributed by atoms with Gasteiger partial charge in [-0.25, -0.2) is 13.6 Å². The molecule has 0 spiro atoms. The van der Waals surface area contributed by atoms with E-state index in [2.05, 4.69) is 50.8 Å². The molecule has 0 radical (unpaired) electrons. The Hall–Kier alpha value is -2.93. The predicted molar refractivity (Wildman–Crippen MR) is 242 cm³/mol. The molecule has 6 aliphatic rings. The van der Waals surface area contributed by atoms with Gasteiger partial charge in [-0.15, -0.1) is 0 Å². The SMILES string of the molecule is CC(C)CCC[C@@H](C)[C@H]1CCC2C3CC=C4CC(OS(=O)(=O)O)CC[C@]4(C)C3CC[C@@]21C.Cc1nc2n(c(=O)c1CCN1CCC(c3noc4cc(F)ccc34)CC1)CCCC2. The van der Waals surface area contributed by atoms with E-state index < -0.39 is 16.5 Å². The maximum absolute atomic E-state index is 13.4. The summed E-state index contributed by atoms with van der Waals surface area (Å²) >= 11 is 0. The normalized spacial score (nSPS) is 30.8. The molecule has 4 fully saturated rings. The van der Waals surface area contributed by atoms with Crippen molar-refractivity contribution in [3.63, 3.8) is 0 Å². The van der Waals surface area contributed by atoms with E-state index in [1.807, 2.05) is 11.5 Å². The average Bonchev–Trinajstić information content (AvgIpc) is 3.81. The van der Waals surface area contributed by atoms with Gasteiger partial charge >= 0.3 is 10.4 Å². The third-order valence-electron chi connectivity index (χ3n) is 17.2. The zero-order valence-corrected chi connectivity index (χ0v) is 39.2. The number of likely N-dealkylation sites (tertiary alicyclic amines) is 1. The summed E-state index contributed by atoms with van der Waals surface area (Å²) in [6.07, 6.45) is 20.9. The van der Waals surface area contributed by atoms with Crippen molar-refractivity contribution in [3.05, 3.63) is 68.8 Å². The highest BCUT2D eigenvalue weighted by molar-refractivity contribution is 7.80. The monoisotopic (exact) mass is 877 g/mol. The molecule has 0 amide bonds. The summed E-state index contributed by atoms with van der Waals surface area (Å²) < 4.78 is 57.2.